The second-order valence-electron chi connectivity index (χ2n) is 11.8. The number of hydrogen-bond acceptors (Lipinski definition) is 8. The van der Waals surface area contributed by atoms with E-state index in [9.17, 15) is 17.2 Å². The van der Waals surface area contributed by atoms with Crippen molar-refractivity contribution in [2.75, 3.05) is 25.7 Å². The molecule has 12 heteroatoms. The SMILES string of the molecule is COCCc1cn(-c2nccc([C@]34CC[C@@H](c5cc(-c6c(F)cccc6F)nnc53)C4(C)C)n2)nc1CCS(C)(=O)=O. The lowest BCUT2D eigenvalue weighted by Gasteiger charge is -2.37. The Hall–Kier alpha value is -3.64. The average molecular weight is 595 g/mol. The molecule has 0 spiro atoms. The van der Waals surface area contributed by atoms with Crippen LogP contribution < -0.4 is 0 Å². The third-order valence-corrected chi connectivity index (χ3v) is 9.99. The van der Waals surface area contributed by atoms with Gasteiger partial charge in [0.15, 0.2) is 0 Å². The molecule has 1 fully saturated rings. The van der Waals surface area contributed by atoms with Crippen LogP contribution in [-0.4, -0.2) is 64.1 Å². The molecule has 6 rings (SSSR count). The van der Waals surface area contributed by atoms with Gasteiger partial charge in [-0.15, -0.1) is 5.10 Å². The second-order valence-corrected chi connectivity index (χ2v) is 14.0. The fourth-order valence-corrected chi connectivity index (χ4v) is 7.48. The molecule has 0 N–H and O–H groups in total. The molecule has 0 saturated heterocycles. The van der Waals surface area contributed by atoms with Crippen molar-refractivity contribution in [1.29, 1.82) is 0 Å². The Kier molecular flexibility index (Phi) is 6.96. The highest BCUT2D eigenvalue weighted by atomic mass is 32.2. The van der Waals surface area contributed by atoms with E-state index in [4.69, 9.17) is 9.72 Å². The molecule has 4 aromatic rings. The van der Waals surface area contributed by atoms with Crippen molar-refractivity contribution >= 4 is 9.84 Å². The molecule has 3 heterocycles. The molecule has 0 radical (unpaired) electrons. The summed E-state index contributed by atoms with van der Waals surface area (Å²) in [6, 6.07) is 7.43. The molecule has 0 aliphatic heterocycles. The second kappa shape index (κ2) is 10.3. The molecule has 2 atom stereocenters. The first-order valence-electron chi connectivity index (χ1n) is 13.9. The van der Waals surface area contributed by atoms with Crippen LogP contribution in [0.15, 0.2) is 42.7 Å². The average Bonchev–Trinajstić information content (AvgIpc) is 3.54. The molecule has 1 saturated carbocycles. The van der Waals surface area contributed by atoms with Gasteiger partial charge in [0.2, 0.25) is 0 Å². The fourth-order valence-electron chi connectivity index (χ4n) is 6.91. The van der Waals surface area contributed by atoms with Gasteiger partial charge < -0.3 is 4.74 Å². The van der Waals surface area contributed by atoms with Crippen LogP contribution in [0.5, 0.6) is 0 Å². The van der Waals surface area contributed by atoms with Crippen LogP contribution in [0.25, 0.3) is 17.2 Å². The first-order valence-corrected chi connectivity index (χ1v) is 15.9. The number of aromatic nitrogens is 6. The van der Waals surface area contributed by atoms with Gasteiger partial charge >= 0.3 is 0 Å². The summed E-state index contributed by atoms with van der Waals surface area (Å²) < 4.78 is 59.7. The van der Waals surface area contributed by atoms with Crippen molar-refractivity contribution in [2.45, 2.75) is 50.9 Å². The maximum Gasteiger partial charge on any atom is 0.250 e. The largest absolute Gasteiger partial charge is 0.384 e. The summed E-state index contributed by atoms with van der Waals surface area (Å²) in [6.45, 7) is 4.82. The van der Waals surface area contributed by atoms with Crippen molar-refractivity contribution in [3.63, 3.8) is 0 Å². The van der Waals surface area contributed by atoms with Gasteiger partial charge in [-0.2, -0.15) is 10.2 Å². The zero-order valence-corrected chi connectivity index (χ0v) is 24.8. The third-order valence-electron chi connectivity index (χ3n) is 9.05. The van der Waals surface area contributed by atoms with E-state index in [0.29, 0.717) is 24.7 Å². The van der Waals surface area contributed by atoms with Crippen molar-refractivity contribution in [1.82, 2.24) is 29.9 Å². The summed E-state index contributed by atoms with van der Waals surface area (Å²) in [4.78, 5) is 9.49. The van der Waals surface area contributed by atoms with Gasteiger partial charge in [0.1, 0.15) is 21.5 Å². The number of halogens is 2. The van der Waals surface area contributed by atoms with Crippen molar-refractivity contribution in [3.05, 3.63) is 82.6 Å². The van der Waals surface area contributed by atoms with Crippen LogP contribution in [0.3, 0.4) is 0 Å². The Morgan fingerprint density at radius 1 is 1.12 bits per heavy atom. The smallest absolute Gasteiger partial charge is 0.250 e. The molecule has 0 unspecified atom stereocenters. The topological polar surface area (TPSA) is 113 Å². The summed E-state index contributed by atoms with van der Waals surface area (Å²) in [5, 5.41) is 13.6. The Morgan fingerprint density at radius 3 is 2.60 bits per heavy atom. The van der Waals surface area contributed by atoms with E-state index in [-0.39, 0.29) is 34.8 Å². The van der Waals surface area contributed by atoms with E-state index < -0.39 is 26.9 Å². The lowest BCUT2D eigenvalue weighted by molar-refractivity contribution is 0.202. The number of benzene rings is 1. The number of sulfone groups is 1. The lowest BCUT2D eigenvalue weighted by atomic mass is 9.66. The molecule has 2 aliphatic rings. The number of hydrogen-bond donors (Lipinski definition) is 0. The van der Waals surface area contributed by atoms with Gasteiger partial charge in [0.05, 0.1) is 46.1 Å². The molecule has 42 heavy (non-hydrogen) atoms. The lowest BCUT2D eigenvalue weighted by Crippen LogP contribution is -2.38. The number of aryl methyl sites for hydroxylation is 1. The molecular weight excluding hydrogens is 562 g/mol. The summed E-state index contributed by atoms with van der Waals surface area (Å²) in [7, 11) is -1.56. The van der Waals surface area contributed by atoms with Gasteiger partial charge in [0.25, 0.3) is 5.95 Å². The van der Waals surface area contributed by atoms with Crippen molar-refractivity contribution < 1.29 is 21.9 Å². The van der Waals surface area contributed by atoms with Gasteiger partial charge in [-0.05, 0) is 66.0 Å². The summed E-state index contributed by atoms with van der Waals surface area (Å²) in [5.74, 6) is -0.916. The number of nitrogens with zero attached hydrogens (tertiary/aromatic N) is 6. The Balaban J connectivity index is 1.42. The number of fused-ring (bicyclic) bond motifs is 5. The van der Waals surface area contributed by atoms with Gasteiger partial charge in [0, 0.05) is 32.2 Å². The molecule has 220 valence electrons. The number of ether oxygens (including phenoxy) is 1. The molecular formula is C30H32F2N6O3S. The van der Waals surface area contributed by atoms with Crippen LogP contribution in [0.2, 0.25) is 0 Å². The fraction of sp³-hybridized carbons (Fsp3) is 0.433. The molecule has 3 aromatic heterocycles. The predicted molar refractivity (Wildman–Crippen MR) is 152 cm³/mol. The number of methoxy groups -OCH3 is 1. The van der Waals surface area contributed by atoms with E-state index in [2.05, 4.69) is 34.1 Å². The Labute approximate surface area is 243 Å². The van der Waals surface area contributed by atoms with Gasteiger partial charge in [-0.3, -0.25) is 0 Å². The van der Waals surface area contributed by atoms with Crippen molar-refractivity contribution in [3.8, 4) is 17.2 Å². The summed E-state index contributed by atoms with van der Waals surface area (Å²) in [6.07, 6.45) is 7.22. The van der Waals surface area contributed by atoms with Crippen LogP contribution in [0, 0.1) is 17.0 Å². The Morgan fingerprint density at radius 2 is 1.88 bits per heavy atom. The van der Waals surface area contributed by atoms with E-state index in [1.165, 1.54) is 24.5 Å². The van der Waals surface area contributed by atoms with Crippen LogP contribution >= 0.6 is 0 Å². The van der Waals surface area contributed by atoms with Crippen molar-refractivity contribution in [2.24, 2.45) is 5.41 Å². The number of rotatable bonds is 9. The quantitative estimate of drug-likeness (QED) is 0.281. The zero-order chi connectivity index (χ0) is 29.9. The van der Waals surface area contributed by atoms with E-state index >= 15 is 0 Å². The van der Waals surface area contributed by atoms with Crippen LogP contribution in [0.1, 0.15) is 60.8 Å². The highest BCUT2D eigenvalue weighted by molar-refractivity contribution is 7.90. The van der Waals surface area contributed by atoms with E-state index in [0.717, 1.165) is 35.4 Å². The van der Waals surface area contributed by atoms with E-state index in [1.54, 1.807) is 24.1 Å². The predicted octanol–water partition coefficient (Wildman–Crippen LogP) is 4.38. The summed E-state index contributed by atoms with van der Waals surface area (Å²) >= 11 is 0. The third kappa shape index (κ3) is 4.51. The molecule has 0 amide bonds. The maximum absolute atomic E-state index is 14.6. The first-order chi connectivity index (χ1) is 20.0. The molecule has 2 bridgehead atoms. The highest BCUT2D eigenvalue weighted by Crippen LogP contribution is 2.69. The summed E-state index contributed by atoms with van der Waals surface area (Å²) in [5.41, 5.74) is 3.10. The minimum atomic E-state index is -3.17. The minimum absolute atomic E-state index is 0.0161. The normalized spacial score (nSPS) is 20.7. The van der Waals surface area contributed by atoms with Gasteiger partial charge in [-0.25, -0.2) is 31.8 Å². The maximum atomic E-state index is 14.6. The minimum Gasteiger partial charge on any atom is -0.384 e. The standard InChI is InChI=1S/C30H32F2N6O3S/c1-29(2)20-8-12-30(29,27-19(20)16-24(35-36-27)26-21(31)6-5-7-22(26)32)25-9-13-33-28(34-25)38-17-18(10-14-41-3)23(37-38)11-15-42(4,39)40/h5-7,9,13,16-17,20H,8,10-12,14-15H2,1-4H3/t20-,30+/m0/s1. The Bertz CT molecular complexity index is 1770. The van der Waals surface area contributed by atoms with Gasteiger partial charge in [-0.1, -0.05) is 19.9 Å². The monoisotopic (exact) mass is 594 g/mol. The molecule has 9 nitrogen and oxygen atoms in total. The first kappa shape index (κ1) is 28.5. The molecule has 1 aromatic carbocycles. The zero-order valence-electron chi connectivity index (χ0n) is 23.9. The highest BCUT2D eigenvalue weighted by Gasteiger charge is 2.65. The molecule has 2 aliphatic carbocycles. The van der Waals surface area contributed by atoms with Crippen LogP contribution in [-0.2, 0) is 32.8 Å². The van der Waals surface area contributed by atoms with Crippen LogP contribution in [0.4, 0.5) is 8.78 Å². The van der Waals surface area contributed by atoms with E-state index in [1.807, 2.05) is 12.3 Å².